The molecule has 3 heteroatoms. The number of hydrogen-bond acceptors (Lipinski definition) is 1. The largest absolute Gasteiger partial charge is 0.313 e. The van der Waals surface area contributed by atoms with E-state index in [1.54, 1.807) is 14.0 Å². The quantitative estimate of drug-likeness (QED) is 0.719. The standard InChI is InChI=1S/C9H11F2N/c1-6(12-2)8-5-7(10)3-4-9(8)11/h3-6,12H,1-2H3. The van der Waals surface area contributed by atoms with Crippen molar-refractivity contribution in [1.29, 1.82) is 0 Å². The van der Waals surface area contributed by atoms with Gasteiger partial charge in [0.2, 0.25) is 0 Å². The van der Waals surface area contributed by atoms with Crippen LogP contribution in [-0.4, -0.2) is 7.05 Å². The first-order chi connectivity index (χ1) is 5.65. The highest BCUT2D eigenvalue weighted by atomic mass is 19.1. The first-order valence-corrected chi connectivity index (χ1v) is 3.77. The lowest BCUT2D eigenvalue weighted by atomic mass is 10.1. The molecule has 12 heavy (non-hydrogen) atoms. The van der Waals surface area contributed by atoms with Crippen molar-refractivity contribution < 1.29 is 8.78 Å². The van der Waals surface area contributed by atoms with Gasteiger partial charge >= 0.3 is 0 Å². The average Bonchev–Trinajstić information content (AvgIpc) is 2.08. The molecule has 1 rings (SSSR count). The highest BCUT2D eigenvalue weighted by molar-refractivity contribution is 5.21. The molecule has 0 aliphatic rings. The van der Waals surface area contributed by atoms with Crippen molar-refractivity contribution in [3.63, 3.8) is 0 Å². The van der Waals surface area contributed by atoms with Crippen LogP contribution in [-0.2, 0) is 0 Å². The van der Waals surface area contributed by atoms with Crippen LogP contribution >= 0.6 is 0 Å². The van der Waals surface area contributed by atoms with Crippen molar-refractivity contribution in [3.8, 4) is 0 Å². The molecule has 1 aromatic carbocycles. The predicted octanol–water partition coefficient (Wildman–Crippen LogP) is 2.25. The zero-order chi connectivity index (χ0) is 9.14. The Kier molecular flexibility index (Phi) is 2.76. The summed E-state index contributed by atoms with van der Waals surface area (Å²) < 4.78 is 25.6. The van der Waals surface area contributed by atoms with E-state index in [9.17, 15) is 8.78 Å². The van der Waals surface area contributed by atoms with Crippen molar-refractivity contribution in [2.24, 2.45) is 0 Å². The maximum absolute atomic E-state index is 13.0. The lowest BCUT2D eigenvalue weighted by molar-refractivity contribution is 0.546. The summed E-state index contributed by atoms with van der Waals surface area (Å²) >= 11 is 0. The molecular formula is C9H11F2N. The number of hydrogen-bond donors (Lipinski definition) is 1. The molecule has 0 aliphatic carbocycles. The Bertz CT molecular complexity index is 273. The molecule has 1 atom stereocenters. The molecule has 0 bridgehead atoms. The second kappa shape index (κ2) is 3.63. The van der Waals surface area contributed by atoms with Gasteiger partial charge in [0.25, 0.3) is 0 Å². The van der Waals surface area contributed by atoms with E-state index in [1.807, 2.05) is 0 Å². The topological polar surface area (TPSA) is 12.0 Å². The molecular weight excluding hydrogens is 160 g/mol. The summed E-state index contributed by atoms with van der Waals surface area (Å²) in [4.78, 5) is 0. The smallest absolute Gasteiger partial charge is 0.128 e. The van der Waals surface area contributed by atoms with Crippen molar-refractivity contribution in [3.05, 3.63) is 35.4 Å². The van der Waals surface area contributed by atoms with Crippen LogP contribution in [0, 0.1) is 11.6 Å². The van der Waals surface area contributed by atoms with E-state index in [4.69, 9.17) is 0 Å². The van der Waals surface area contributed by atoms with E-state index in [0.717, 1.165) is 12.1 Å². The summed E-state index contributed by atoms with van der Waals surface area (Å²) in [7, 11) is 1.70. The van der Waals surface area contributed by atoms with Gasteiger partial charge in [0.1, 0.15) is 11.6 Å². The maximum atomic E-state index is 13.0. The van der Waals surface area contributed by atoms with Gasteiger partial charge in [-0.2, -0.15) is 0 Å². The Morgan fingerprint density at radius 1 is 1.33 bits per heavy atom. The van der Waals surface area contributed by atoms with Crippen LogP contribution < -0.4 is 5.32 Å². The van der Waals surface area contributed by atoms with E-state index in [2.05, 4.69) is 5.32 Å². The van der Waals surface area contributed by atoms with Gasteiger partial charge in [-0.05, 0) is 32.2 Å². The second-order valence-electron chi connectivity index (χ2n) is 2.68. The number of nitrogens with one attached hydrogen (secondary N) is 1. The molecule has 0 spiro atoms. The zero-order valence-electron chi connectivity index (χ0n) is 7.07. The molecule has 0 aromatic heterocycles. The van der Waals surface area contributed by atoms with Gasteiger partial charge in [-0.15, -0.1) is 0 Å². The highest BCUT2D eigenvalue weighted by Gasteiger charge is 2.09. The molecule has 0 saturated carbocycles. The minimum absolute atomic E-state index is 0.166. The maximum Gasteiger partial charge on any atom is 0.128 e. The first-order valence-electron chi connectivity index (χ1n) is 3.77. The summed E-state index contributed by atoms with van der Waals surface area (Å²) in [6.07, 6.45) is 0. The molecule has 0 amide bonds. The Morgan fingerprint density at radius 2 is 2.00 bits per heavy atom. The first kappa shape index (κ1) is 9.13. The zero-order valence-corrected chi connectivity index (χ0v) is 7.07. The van der Waals surface area contributed by atoms with Gasteiger partial charge in [-0.1, -0.05) is 0 Å². The summed E-state index contributed by atoms with van der Waals surface area (Å²) in [6, 6.07) is 3.29. The van der Waals surface area contributed by atoms with E-state index in [0.29, 0.717) is 5.56 Å². The molecule has 66 valence electrons. The van der Waals surface area contributed by atoms with Gasteiger partial charge in [-0.3, -0.25) is 0 Å². The average molecular weight is 171 g/mol. The lowest BCUT2D eigenvalue weighted by Gasteiger charge is -2.10. The van der Waals surface area contributed by atoms with Gasteiger partial charge in [0.05, 0.1) is 0 Å². The third-order valence-corrected chi connectivity index (χ3v) is 1.86. The molecule has 1 unspecified atom stereocenters. The molecule has 0 radical (unpaired) electrons. The third-order valence-electron chi connectivity index (χ3n) is 1.86. The van der Waals surface area contributed by atoms with E-state index in [-0.39, 0.29) is 11.9 Å². The Hall–Kier alpha value is -0.960. The third kappa shape index (κ3) is 1.80. The fraction of sp³-hybridized carbons (Fsp3) is 0.333. The summed E-state index contributed by atoms with van der Waals surface area (Å²) in [6.45, 7) is 1.78. The van der Waals surface area contributed by atoms with Crippen LogP contribution in [0.25, 0.3) is 0 Å². The van der Waals surface area contributed by atoms with Crippen molar-refractivity contribution >= 4 is 0 Å². The van der Waals surface area contributed by atoms with E-state index in [1.165, 1.54) is 6.07 Å². The Labute approximate surface area is 70.4 Å². The van der Waals surface area contributed by atoms with Gasteiger partial charge in [0.15, 0.2) is 0 Å². The number of benzene rings is 1. The molecule has 1 nitrogen and oxygen atoms in total. The molecule has 0 fully saturated rings. The fourth-order valence-electron chi connectivity index (χ4n) is 1.00. The molecule has 1 aromatic rings. The number of rotatable bonds is 2. The highest BCUT2D eigenvalue weighted by Crippen LogP contribution is 2.16. The minimum Gasteiger partial charge on any atom is -0.313 e. The van der Waals surface area contributed by atoms with Gasteiger partial charge in [-0.25, -0.2) is 8.78 Å². The van der Waals surface area contributed by atoms with Gasteiger partial charge in [0, 0.05) is 11.6 Å². The fourth-order valence-corrected chi connectivity index (χ4v) is 1.00. The molecule has 1 N–H and O–H groups in total. The lowest BCUT2D eigenvalue weighted by Crippen LogP contribution is -2.14. The van der Waals surface area contributed by atoms with Crippen LogP contribution in [0.1, 0.15) is 18.5 Å². The molecule has 0 saturated heterocycles. The minimum atomic E-state index is -0.409. The summed E-state index contributed by atoms with van der Waals surface area (Å²) in [5.41, 5.74) is 0.359. The van der Waals surface area contributed by atoms with Crippen LogP contribution in [0.4, 0.5) is 8.78 Å². The summed E-state index contributed by atoms with van der Waals surface area (Å²) in [5.74, 6) is -0.785. The number of halogens is 2. The van der Waals surface area contributed by atoms with Crippen LogP contribution in [0.15, 0.2) is 18.2 Å². The Balaban J connectivity index is 3.04. The van der Waals surface area contributed by atoms with Crippen molar-refractivity contribution in [2.45, 2.75) is 13.0 Å². The molecule has 0 aliphatic heterocycles. The van der Waals surface area contributed by atoms with Crippen LogP contribution in [0.2, 0.25) is 0 Å². The predicted molar refractivity (Wildman–Crippen MR) is 43.8 cm³/mol. The van der Waals surface area contributed by atoms with E-state index >= 15 is 0 Å². The van der Waals surface area contributed by atoms with Crippen molar-refractivity contribution in [2.75, 3.05) is 7.05 Å². The Morgan fingerprint density at radius 3 is 2.58 bits per heavy atom. The van der Waals surface area contributed by atoms with E-state index < -0.39 is 5.82 Å². The van der Waals surface area contributed by atoms with Gasteiger partial charge < -0.3 is 5.32 Å². The normalized spacial score (nSPS) is 13.0. The van der Waals surface area contributed by atoms with Crippen LogP contribution in [0.5, 0.6) is 0 Å². The SMILES string of the molecule is CNC(C)c1cc(F)ccc1F. The second-order valence-corrected chi connectivity index (χ2v) is 2.68. The van der Waals surface area contributed by atoms with Crippen LogP contribution in [0.3, 0.4) is 0 Å². The molecule has 0 heterocycles. The van der Waals surface area contributed by atoms with Crippen molar-refractivity contribution in [1.82, 2.24) is 5.32 Å². The monoisotopic (exact) mass is 171 g/mol. The summed E-state index contributed by atoms with van der Waals surface area (Å²) in [5, 5.41) is 2.84.